The Labute approximate surface area is 121 Å². The summed E-state index contributed by atoms with van der Waals surface area (Å²) >= 11 is 3.39. The van der Waals surface area contributed by atoms with E-state index in [1.54, 1.807) is 6.21 Å². The van der Waals surface area contributed by atoms with E-state index in [1.165, 1.54) is 0 Å². The van der Waals surface area contributed by atoms with Crippen molar-refractivity contribution in [3.8, 4) is 0 Å². The molecule has 0 saturated carbocycles. The largest absolute Gasteiger partial charge is 0.391 e. The standard InChI is InChI=1S/C16H14BrNO/c1-2-13-3-5-15(6-4-13)12-19-18-11-14-7-9-16(17)10-8-14/h2-11H,1,12H2. The summed E-state index contributed by atoms with van der Waals surface area (Å²) < 4.78 is 1.05. The van der Waals surface area contributed by atoms with E-state index in [2.05, 4.69) is 27.7 Å². The van der Waals surface area contributed by atoms with Gasteiger partial charge in [-0.3, -0.25) is 0 Å². The fourth-order valence-corrected chi connectivity index (χ4v) is 1.77. The van der Waals surface area contributed by atoms with Gasteiger partial charge < -0.3 is 4.84 Å². The van der Waals surface area contributed by atoms with Crippen LogP contribution in [0.3, 0.4) is 0 Å². The molecule has 2 aromatic rings. The Morgan fingerprint density at radius 2 is 1.63 bits per heavy atom. The Balaban J connectivity index is 1.85. The molecular formula is C16H14BrNO. The van der Waals surface area contributed by atoms with Crippen LogP contribution in [0, 0.1) is 0 Å². The Kier molecular flexibility index (Phi) is 4.93. The summed E-state index contributed by atoms with van der Waals surface area (Å²) in [4.78, 5) is 5.26. The van der Waals surface area contributed by atoms with Crippen LogP contribution in [0.2, 0.25) is 0 Å². The second-order valence-electron chi connectivity index (χ2n) is 4.01. The molecule has 2 rings (SSSR count). The van der Waals surface area contributed by atoms with Crippen LogP contribution >= 0.6 is 15.9 Å². The summed E-state index contributed by atoms with van der Waals surface area (Å²) in [6.07, 6.45) is 3.51. The summed E-state index contributed by atoms with van der Waals surface area (Å²) in [5, 5.41) is 3.95. The van der Waals surface area contributed by atoms with E-state index in [9.17, 15) is 0 Å². The smallest absolute Gasteiger partial charge is 0.142 e. The third kappa shape index (κ3) is 4.38. The lowest BCUT2D eigenvalue weighted by Crippen LogP contribution is -1.88. The van der Waals surface area contributed by atoms with Crippen LogP contribution < -0.4 is 0 Å². The minimum absolute atomic E-state index is 0.463. The molecule has 19 heavy (non-hydrogen) atoms. The average molecular weight is 316 g/mol. The van der Waals surface area contributed by atoms with Crippen molar-refractivity contribution in [2.75, 3.05) is 0 Å². The maximum Gasteiger partial charge on any atom is 0.142 e. The summed E-state index contributed by atoms with van der Waals surface area (Å²) in [6, 6.07) is 15.9. The van der Waals surface area contributed by atoms with E-state index in [4.69, 9.17) is 4.84 Å². The number of hydrogen-bond donors (Lipinski definition) is 0. The predicted molar refractivity (Wildman–Crippen MR) is 83.1 cm³/mol. The zero-order valence-electron chi connectivity index (χ0n) is 10.4. The molecule has 96 valence electrons. The van der Waals surface area contributed by atoms with Gasteiger partial charge >= 0.3 is 0 Å². The predicted octanol–water partition coefficient (Wildman–Crippen LogP) is 4.64. The number of nitrogens with zero attached hydrogens (tertiary/aromatic N) is 1. The molecule has 0 spiro atoms. The van der Waals surface area contributed by atoms with Gasteiger partial charge in [0.15, 0.2) is 0 Å². The van der Waals surface area contributed by atoms with Gasteiger partial charge in [0.1, 0.15) is 6.61 Å². The Hall–Kier alpha value is -1.87. The van der Waals surface area contributed by atoms with Gasteiger partial charge in [-0.05, 0) is 28.8 Å². The Morgan fingerprint density at radius 3 is 2.26 bits per heavy atom. The Bertz CT molecular complexity index is 558. The molecule has 0 fully saturated rings. The lowest BCUT2D eigenvalue weighted by Gasteiger charge is -2.00. The SMILES string of the molecule is C=Cc1ccc(CON=Cc2ccc(Br)cc2)cc1. The minimum atomic E-state index is 0.463. The van der Waals surface area contributed by atoms with Crippen molar-refractivity contribution in [3.63, 3.8) is 0 Å². The fourth-order valence-electron chi connectivity index (χ4n) is 1.51. The van der Waals surface area contributed by atoms with Crippen LogP contribution in [0.4, 0.5) is 0 Å². The Morgan fingerprint density at radius 1 is 1.00 bits per heavy atom. The number of benzene rings is 2. The van der Waals surface area contributed by atoms with Gasteiger partial charge in [0.05, 0.1) is 6.21 Å². The molecule has 0 aliphatic heterocycles. The topological polar surface area (TPSA) is 21.6 Å². The van der Waals surface area contributed by atoms with Gasteiger partial charge in [-0.15, -0.1) is 0 Å². The summed E-state index contributed by atoms with van der Waals surface area (Å²) in [5.74, 6) is 0. The molecule has 2 nitrogen and oxygen atoms in total. The number of oxime groups is 1. The van der Waals surface area contributed by atoms with Crippen LogP contribution in [0.1, 0.15) is 16.7 Å². The monoisotopic (exact) mass is 315 g/mol. The number of hydrogen-bond acceptors (Lipinski definition) is 2. The molecule has 0 radical (unpaired) electrons. The van der Waals surface area contributed by atoms with Gasteiger partial charge in [-0.1, -0.05) is 70.1 Å². The second-order valence-corrected chi connectivity index (χ2v) is 4.92. The summed E-state index contributed by atoms with van der Waals surface area (Å²) in [7, 11) is 0. The first-order valence-electron chi connectivity index (χ1n) is 5.90. The molecule has 0 saturated heterocycles. The summed E-state index contributed by atoms with van der Waals surface area (Å²) in [6.45, 7) is 4.18. The highest BCUT2D eigenvalue weighted by Crippen LogP contribution is 2.09. The maximum atomic E-state index is 5.26. The first-order chi connectivity index (χ1) is 9.28. The molecule has 0 aromatic heterocycles. The van der Waals surface area contributed by atoms with Crippen molar-refractivity contribution in [1.29, 1.82) is 0 Å². The highest BCUT2D eigenvalue weighted by molar-refractivity contribution is 9.10. The zero-order valence-corrected chi connectivity index (χ0v) is 12.0. The average Bonchev–Trinajstić information content (AvgIpc) is 2.46. The minimum Gasteiger partial charge on any atom is -0.391 e. The van der Waals surface area contributed by atoms with E-state index >= 15 is 0 Å². The van der Waals surface area contributed by atoms with E-state index in [0.29, 0.717) is 6.61 Å². The van der Waals surface area contributed by atoms with Crippen LogP contribution in [0.15, 0.2) is 64.7 Å². The van der Waals surface area contributed by atoms with Gasteiger partial charge in [-0.25, -0.2) is 0 Å². The van der Waals surface area contributed by atoms with Gasteiger partial charge in [-0.2, -0.15) is 0 Å². The third-order valence-electron chi connectivity index (χ3n) is 2.59. The molecule has 2 aromatic carbocycles. The summed E-state index contributed by atoms with van der Waals surface area (Å²) in [5.41, 5.74) is 3.19. The van der Waals surface area contributed by atoms with Crippen LogP contribution in [-0.2, 0) is 11.4 Å². The van der Waals surface area contributed by atoms with Crippen molar-refractivity contribution in [3.05, 3.63) is 76.3 Å². The normalized spacial score (nSPS) is 10.6. The maximum absolute atomic E-state index is 5.26. The highest BCUT2D eigenvalue weighted by Gasteiger charge is 1.93. The van der Waals surface area contributed by atoms with Crippen molar-refractivity contribution in [1.82, 2.24) is 0 Å². The number of halogens is 1. The molecule has 0 N–H and O–H groups in total. The van der Waals surface area contributed by atoms with Crippen LogP contribution in [0.5, 0.6) is 0 Å². The van der Waals surface area contributed by atoms with E-state index in [1.807, 2.05) is 54.6 Å². The molecular weight excluding hydrogens is 302 g/mol. The highest BCUT2D eigenvalue weighted by atomic mass is 79.9. The molecule has 0 atom stereocenters. The van der Waals surface area contributed by atoms with Crippen LogP contribution in [-0.4, -0.2) is 6.21 Å². The van der Waals surface area contributed by atoms with E-state index in [0.717, 1.165) is 21.2 Å². The van der Waals surface area contributed by atoms with E-state index < -0.39 is 0 Å². The van der Waals surface area contributed by atoms with Crippen molar-refractivity contribution < 1.29 is 4.84 Å². The van der Waals surface area contributed by atoms with Crippen LogP contribution in [0.25, 0.3) is 6.08 Å². The van der Waals surface area contributed by atoms with Gasteiger partial charge in [0.25, 0.3) is 0 Å². The molecule has 0 amide bonds. The lowest BCUT2D eigenvalue weighted by atomic mass is 10.1. The van der Waals surface area contributed by atoms with Gasteiger partial charge in [0.2, 0.25) is 0 Å². The van der Waals surface area contributed by atoms with Crippen molar-refractivity contribution in [2.45, 2.75) is 6.61 Å². The lowest BCUT2D eigenvalue weighted by molar-refractivity contribution is 0.132. The molecule has 0 bridgehead atoms. The zero-order chi connectivity index (χ0) is 13.5. The first kappa shape index (κ1) is 13.6. The molecule has 0 aliphatic rings. The fraction of sp³-hybridized carbons (Fsp3) is 0.0625. The van der Waals surface area contributed by atoms with E-state index in [-0.39, 0.29) is 0 Å². The number of rotatable bonds is 5. The molecule has 0 aliphatic carbocycles. The molecule has 3 heteroatoms. The first-order valence-corrected chi connectivity index (χ1v) is 6.69. The van der Waals surface area contributed by atoms with Crippen molar-refractivity contribution >= 4 is 28.2 Å². The molecule has 0 heterocycles. The quantitative estimate of drug-likeness (QED) is 0.581. The third-order valence-corrected chi connectivity index (χ3v) is 3.12. The van der Waals surface area contributed by atoms with Gasteiger partial charge in [0, 0.05) is 4.47 Å². The second kappa shape index (κ2) is 6.90. The molecule has 0 unspecified atom stereocenters. The van der Waals surface area contributed by atoms with Crippen molar-refractivity contribution in [2.24, 2.45) is 5.16 Å².